The fraction of sp³-hybridized carbons (Fsp3) is 0.100. The number of halogens is 5. The summed E-state index contributed by atoms with van der Waals surface area (Å²) in [5.74, 6) is -10.1. The highest BCUT2D eigenvalue weighted by Gasteiger charge is 2.23. The highest BCUT2D eigenvalue weighted by molar-refractivity contribution is 5.58. The lowest BCUT2D eigenvalue weighted by Crippen LogP contribution is -2.03. The van der Waals surface area contributed by atoms with Gasteiger partial charge >= 0.3 is 0 Å². The van der Waals surface area contributed by atoms with Crippen molar-refractivity contribution in [2.24, 2.45) is 0 Å². The van der Waals surface area contributed by atoms with Gasteiger partial charge in [-0.3, -0.25) is 0 Å². The van der Waals surface area contributed by atoms with Crippen molar-refractivity contribution in [3.63, 3.8) is 0 Å². The molecule has 1 rings (SSSR count). The first-order valence-electron chi connectivity index (χ1n) is 4.12. The van der Waals surface area contributed by atoms with Crippen LogP contribution in [0.15, 0.2) is 6.08 Å². The smallest absolute Gasteiger partial charge is 0.200 e. The predicted molar refractivity (Wildman–Crippen MR) is 45.9 cm³/mol. The van der Waals surface area contributed by atoms with E-state index in [1.807, 2.05) is 0 Å². The molecule has 0 N–H and O–H groups in total. The Morgan fingerprint density at radius 3 is 1.69 bits per heavy atom. The Labute approximate surface area is 87.2 Å². The summed E-state index contributed by atoms with van der Waals surface area (Å²) < 4.78 is 63.8. The second kappa shape index (κ2) is 4.87. The molecule has 0 aliphatic rings. The van der Waals surface area contributed by atoms with E-state index in [-0.39, 0.29) is 6.42 Å². The first-order chi connectivity index (χ1) is 7.50. The van der Waals surface area contributed by atoms with Crippen molar-refractivity contribution in [3.05, 3.63) is 40.7 Å². The zero-order valence-corrected chi connectivity index (χ0v) is 7.74. The molecule has 0 bridgehead atoms. The minimum absolute atomic E-state index is 0.181. The van der Waals surface area contributed by atoms with Crippen LogP contribution in [0.1, 0.15) is 12.0 Å². The molecule has 0 atom stereocenters. The summed E-state index contributed by atoms with van der Waals surface area (Å²) in [6.45, 7) is 0. The van der Waals surface area contributed by atoms with Gasteiger partial charge in [0, 0.05) is 6.42 Å². The molecule has 16 heavy (non-hydrogen) atoms. The van der Waals surface area contributed by atoms with Crippen LogP contribution in [0.3, 0.4) is 0 Å². The van der Waals surface area contributed by atoms with E-state index in [2.05, 4.69) is 0 Å². The van der Waals surface area contributed by atoms with Crippen LogP contribution >= 0.6 is 0 Å². The Morgan fingerprint density at radius 2 is 1.25 bits per heavy atom. The monoisotopic (exact) mass is 236 g/mol. The third-order valence-corrected chi connectivity index (χ3v) is 1.76. The van der Waals surface area contributed by atoms with Crippen LogP contribution in [0.5, 0.6) is 0 Å². The van der Waals surface area contributed by atoms with Crippen molar-refractivity contribution in [2.75, 3.05) is 0 Å². The van der Waals surface area contributed by atoms with Gasteiger partial charge in [0.2, 0.25) is 5.82 Å². The molecule has 0 aliphatic heterocycles. The molecule has 86 valence electrons. The molecule has 0 saturated carbocycles. The van der Waals surface area contributed by atoms with Crippen molar-refractivity contribution >= 4 is 12.4 Å². The van der Waals surface area contributed by atoms with Gasteiger partial charge in [-0.05, 0) is 0 Å². The lowest BCUT2D eigenvalue weighted by atomic mass is 10.1. The molecular formula is C10H5F5O. The van der Waals surface area contributed by atoms with Crippen LogP contribution in [0.2, 0.25) is 0 Å². The van der Waals surface area contributed by atoms with E-state index in [9.17, 15) is 26.7 Å². The highest BCUT2D eigenvalue weighted by atomic mass is 19.2. The van der Waals surface area contributed by atoms with Crippen LogP contribution < -0.4 is 0 Å². The zero-order chi connectivity index (χ0) is 12.3. The molecular weight excluding hydrogens is 231 g/mol. The molecule has 0 aromatic heterocycles. The van der Waals surface area contributed by atoms with Gasteiger partial charge in [0.05, 0.1) is 5.56 Å². The Hall–Kier alpha value is -1.72. The summed E-state index contributed by atoms with van der Waals surface area (Å²) in [5, 5.41) is 0. The molecule has 1 nitrogen and oxygen atoms in total. The summed E-state index contributed by atoms with van der Waals surface area (Å²) in [5.41, 5.74) is -1.06. The first-order valence-corrected chi connectivity index (χ1v) is 4.12. The van der Waals surface area contributed by atoms with Crippen molar-refractivity contribution in [3.8, 4) is 0 Å². The van der Waals surface area contributed by atoms with Crippen LogP contribution in [0.4, 0.5) is 22.0 Å². The van der Waals surface area contributed by atoms with E-state index in [1.165, 1.54) is 0 Å². The maximum atomic E-state index is 13.0. The Kier molecular flexibility index (Phi) is 3.76. The third kappa shape index (κ3) is 2.10. The van der Waals surface area contributed by atoms with Crippen LogP contribution in [0.25, 0.3) is 6.08 Å². The van der Waals surface area contributed by atoms with Crippen molar-refractivity contribution in [1.82, 2.24) is 0 Å². The fourth-order valence-corrected chi connectivity index (χ4v) is 1.01. The number of hydrogen-bond acceptors (Lipinski definition) is 1. The highest BCUT2D eigenvalue weighted by Crippen LogP contribution is 2.23. The van der Waals surface area contributed by atoms with Gasteiger partial charge in [-0.2, -0.15) is 0 Å². The quantitative estimate of drug-likeness (QED) is 0.341. The van der Waals surface area contributed by atoms with E-state index < -0.39 is 34.6 Å². The summed E-state index contributed by atoms with van der Waals surface area (Å²) in [6.07, 6.45) is 1.90. The summed E-state index contributed by atoms with van der Waals surface area (Å²) in [4.78, 5) is 9.91. The Morgan fingerprint density at radius 1 is 0.812 bits per heavy atom. The van der Waals surface area contributed by atoms with E-state index in [4.69, 9.17) is 0 Å². The summed E-state index contributed by atoms with van der Waals surface area (Å²) in [6, 6.07) is 0. The van der Waals surface area contributed by atoms with E-state index in [0.717, 1.165) is 6.08 Å². The second-order valence-electron chi connectivity index (χ2n) is 2.79. The molecule has 0 radical (unpaired) electrons. The van der Waals surface area contributed by atoms with E-state index in [1.54, 1.807) is 0 Å². The second-order valence-corrected chi connectivity index (χ2v) is 2.79. The van der Waals surface area contributed by atoms with Gasteiger partial charge in [0.15, 0.2) is 23.3 Å². The van der Waals surface area contributed by atoms with Crippen LogP contribution in [0, 0.1) is 29.1 Å². The molecule has 6 heteroatoms. The van der Waals surface area contributed by atoms with Crippen molar-refractivity contribution < 1.29 is 26.7 Å². The molecule has 0 fully saturated rings. The lowest BCUT2D eigenvalue weighted by Gasteiger charge is -2.03. The standard InChI is InChI=1S/C10H5F5O/c11-6-5(3-1-2-4-16)7(12)9(14)10(15)8(6)13/h1,3-4H,2H2. The van der Waals surface area contributed by atoms with E-state index >= 15 is 0 Å². The van der Waals surface area contributed by atoms with Gasteiger partial charge in [0.1, 0.15) is 6.29 Å². The lowest BCUT2D eigenvalue weighted by molar-refractivity contribution is -0.107. The Balaban J connectivity index is 3.34. The molecule has 0 heterocycles. The third-order valence-electron chi connectivity index (χ3n) is 1.76. The first kappa shape index (κ1) is 12.4. The molecule has 1 aromatic rings. The van der Waals surface area contributed by atoms with Crippen molar-refractivity contribution in [2.45, 2.75) is 6.42 Å². The molecule has 0 unspecified atom stereocenters. The van der Waals surface area contributed by atoms with Crippen LogP contribution in [-0.2, 0) is 4.79 Å². The normalized spacial score (nSPS) is 11.1. The van der Waals surface area contributed by atoms with Gasteiger partial charge in [-0.25, -0.2) is 22.0 Å². The predicted octanol–water partition coefficient (Wildman–Crippen LogP) is 2.98. The zero-order valence-electron chi connectivity index (χ0n) is 7.74. The minimum Gasteiger partial charge on any atom is -0.303 e. The van der Waals surface area contributed by atoms with Gasteiger partial charge < -0.3 is 4.79 Å². The molecule has 0 aliphatic carbocycles. The number of carbonyl (C=O) groups is 1. The van der Waals surface area contributed by atoms with E-state index in [0.29, 0.717) is 12.4 Å². The average Bonchev–Trinajstić information content (AvgIpc) is 2.28. The van der Waals surface area contributed by atoms with Gasteiger partial charge in [0.25, 0.3) is 0 Å². The molecule has 1 aromatic carbocycles. The number of rotatable bonds is 3. The van der Waals surface area contributed by atoms with Crippen molar-refractivity contribution in [1.29, 1.82) is 0 Å². The fourth-order valence-electron chi connectivity index (χ4n) is 1.01. The maximum absolute atomic E-state index is 13.0. The largest absolute Gasteiger partial charge is 0.303 e. The molecule has 0 saturated heterocycles. The topological polar surface area (TPSA) is 17.1 Å². The van der Waals surface area contributed by atoms with Crippen LogP contribution in [-0.4, -0.2) is 6.29 Å². The van der Waals surface area contributed by atoms with Gasteiger partial charge in [-0.1, -0.05) is 12.2 Å². The Bertz CT molecular complexity index is 424. The average molecular weight is 236 g/mol. The van der Waals surface area contributed by atoms with Gasteiger partial charge in [-0.15, -0.1) is 0 Å². The SMILES string of the molecule is O=CCC=Cc1c(F)c(F)c(F)c(F)c1F. The number of benzene rings is 1. The summed E-state index contributed by atoms with van der Waals surface area (Å²) in [7, 11) is 0. The number of allylic oxidation sites excluding steroid dienone is 1. The molecule has 0 amide bonds. The maximum Gasteiger partial charge on any atom is 0.200 e. The number of carbonyl (C=O) groups excluding carboxylic acids is 1. The number of aldehydes is 1. The summed E-state index contributed by atoms with van der Waals surface area (Å²) >= 11 is 0. The minimum atomic E-state index is -2.21. The number of hydrogen-bond donors (Lipinski definition) is 0. The molecule has 0 spiro atoms.